The lowest BCUT2D eigenvalue weighted by Gasteiger charge is -2.06. The van der Waals surface area contributed by atoms with Gasteiger partial charge in [0, 0.05) is 13.1 Å². The number of hydrogen-bond acceptors (Lipinski definition) is 4. The van der Waals surface area contributed by atoms with Crippen molar-refractivity contribution in [1.82, 2.24) is 5.32 Å². The molecule has 5 nitrogen and oxygen atoms in total. The summed E-state index contributed by atoms with van der Waals surface area (Å²) in [5, 5.41) is 11.8. The van der Waals surface area contributed by atoms with Gasteiger partial charge in [-0.1, -0.05) is 0 Å². The Morgan fingerprint density at radius 3 is 2.92 bits per heavy atom. The second kappa shape index (κ2) is 7.02. The van der Waals surface area contributed by atoms with E-state index >= 15 is 0 Å². The predicted molar refractivity (Wildman–Crippen MR) is 44.6 cm³/mol. The summed E-state index contributed by atoms with van der Waals surface area (Å²) in [5.41, 5.74) is 4.83. The Morgan fingerprint density at radius 1 is 1.75 bits per heavy atom. The van der Waals surface area contributed by atoms with Crippen LogP contribution in [0.1, 0.15) is 6.92 Å². The van der Waals surface area contributed by atoms with E-state index in [1.807, 2.05) is 0 Å². The number of rotatable bonds is 7. The maximum Gasteiger partial charge on any atom is 0.243 e. The van der Waals surface area contributed by atoms with Gasteiger partial charge in [0.05, 0.1) is 12.7 Å². The summed E-state index contributed by atoms with van der Waals surface area (Å²) < 4.78 is 4.86. The molecule has 1 atom stereocenters. The van der Waals surface area contributed by atoms with Crippen LogP contribution in [0.15, 0.2) is 0 Å². The Balaban J connectivity index is 2.96. The quantitative estimate of drug-likeness (QED) is 0.410. The SMILES string of the molecule is C[C@@H](O)CNCCOCC(N)=O. The Labute approximate surface area is 71.9 Å². The number of carbonyl (C=O) groups excluding carboxylic acids is 1. The van der Waals surface area contributed by atoms with Crippen LogP contribution in [-0.4, -0.2) is 43.4 Å². The van der Waals surface area contributed by atoms with Crippen LogP contribution in [0.3, 0.4) is 0 Å². The molecule has 1 amide bonds. The molecule has 0 aliphatic heterocycles. The minimum absolute atomic E-state index is 0.0453. The Bertz CT molecular complexity index is 128. The summed E-state index contributed by atoms with van der Waals surface area (Å²) in [6.45, 7) is 3.21. The van der Waals surface area contributed by atoms with E-state index in [2.05, 4.69) is 5.32 Å². The van der Waals surface area contributed by atoms with Gasteiger partial charge in [0.25, 0.3) is 0 Å². The van der Waals surface area contributed by atoms with E-state index in [1.54, 1.807) is 6.92 Å². The van der Waals surface area contributed by atoms with Gasteiger partial charge in [-0.2, -0.15) is 0 Å². The minimum atomic E-state index is -0.467. The van der Waals surface area contributed by atoms with Crippen LogP contribution in [0.4, 0.5) is 0 Å². The van der Waals surface area contributed by atoms with Crippen LogP contribution in [-0.2, 0) is 9.53 Å². The summed E-state index contributed by atoms with van der Waals surface area (Å²) in [4.78, 5) is 10.2. The number of nitrogens with two attached hydrogens (primary N) is 1. The molecule has 0 aromatic rings. The fraction of sp³-hybridized carbons (Fsp3) is 0.857. The van der Waals surface area contributed by atoms with Crippen LogP contribution in [0.5, 0.6) is 0 Å². The highest BCUT2D eigenvalue weighted by Gasteiger charge is 1.95. The third-order valence-electron chi connectivity index (χ3n) is 1.11. The number of primary amides is 1. The van der Waals surface area contributed by atoms with Crippen molar-refractivity contribution >= 4 is 5.91 Å². The van der Waals surface area contributed by atoms with Crippen molar-refractivity contribution < 1.29 is 14.6 Å². The van der Waals surface area contributed by atoms with E-state index in [1.165, 1.54) is 0 Å². The van der Waals surface area contributed by atoms with Crippen LogP contribution in [0.2, 0.25) is 0 Å². The smallest absolute Gasteiger partial charge is 0.243 e. The predicted octanol–water partition coefficient (Wildman–Crippen LogP) is -1.54. The highest BCUT2D eigenvalue weighted by Crippen LogP contribution is 1.75. The fourth-order valence-electron chi connectivity index (χ4n) is 0.628. The van der Waals surface area contributed by atoms with Crippen LogP contribution in [0, 0.1) is 0 Å². The summed E-state index contributed by atoms with van der Waals surface area (Å²) in [5.74, 6) is -0.467. The molecule has 0 saturated carbocycles. The second-order valence-corrected chi connectivity index (χ2v) is 2.57. The minimum Gasteiger partial charge on any atom is -0.392 e. The molecule has 72 valence electrons. The lowest BCUT2D eigenvalue weighted by atomic mass is 10.4. The first-order chi connectivity index (χ1) is 5.63. The highest BCUT2D eigenvalue weighted by molar-refractivity contribution is 5.74. The molecule has 0 saturated heterocycles. The summed E-state index contributed by atoms with van der Waals surface area (Å²) in [6, 6.07) is 0. The van der Waals surface area contributed by atoms with Gasteiger partial charge in [-0.3, -0.25) is 4.79 Å². The molecular formula is C7H16N2O3. The maximum absolute atomic E-state index is 10.2. The maximum atomic E-state index is 10.2. The van der Waals surface area contributed by atoms with E-state index in [0.717, 1.165) is 0 Å². The lowest BCUT2D eigenvalue weighted by Crippen LogP contribution is -2.29. The van der Waals surface area contributed by atoms with E-state index in [9.17, 15) is 4.79 Å². The molecule has 0 radical (unpaired) electrons. The second-order valence-electron chi connectivity index (χ2n) is 2.57. The molecule has 0 aromatic carbocycles. The molecule has 0 bridgehead atoms. The fourth-order valence-corrected chi connectivity index (χ4v) is 0.628. The first-order valence-electron chi connectivity index (χ1n) is 3.87. The molecule has 0 heterocycles. The molecule has 0 fully saturated rings. The summed E-state index contributed by atoms with van der Waals surface area (Å²) in [7, 11) is 0. The van der Waals surface area contributed by atoms with E-state index in [-0.39, 0.29) is 12.7 Å². The lowest BCUT2D eigenvalue weighted by molar-refractivity contribution is -0.122. The summed E-state index contributed by atoms with van der Waals surface area (Å²) in [6.07, 6.45) is -0.360. The molecule has 0 unspecified atom stereocenters. The zero-order chi connectivity index (χ0) is 9.40. The molecule has 5 heteroatoms. The zero-order valence-corrected chi connectivity index (χ0v) is 7.25. The van der Waals surface area contributed by atoms with E-state index < -0.39 is 5.91 Å². The van der Waals surface area contributed by atoms with Gasteiger partial charge < -0.3 is 20.9 Å². The first-order valence-corrected chi connectivity index (χ1v) is 3.87. The van der Waals surface area contributed by atoms with Crippen molar-refractivity contribution in [2.24, 2.45) is 5.73 Å². The van der Waals surface area contributed by atoms with Crippen molar-refractivity contribution in [2.75, 3.05) is 26.3 Å². The number of nitrogens with one attached hydrogen (secondary N) is 1. The van der Waals surface area contributed by atoms with Gasteiger partial charge in [-0.15, -0.1) is 0 Å². The first kappa shape index (κ1) is 11.4. The normalized spacial score (nSPS) is 12.8. The van der Waals surface area contributed by atoms with Crippen molar-refractivity contribution in [3.8, 4) is 0 Å². The van der Waals surface area contributed by atoms with Crippen LogP contribution < -0.4 is 11.1 Å². The molecule has 0 aliphatic carbocycles. The average molecular weight is 176 g/mol. The number of amides is 1. The van der Waals surface area contributed by atoms with E-state index in [4.69, 9.17) is 15.6 Å². The largest absolute Gasteiger partial charge is 0.392 e. The van der Waals surface area contributed by atoms with Gasteiger partial charge >= 0.3 is 0 Å². The van der Waals surface area contributed by atoms with Crippen LogP contribution in [0.25, 0.3) is 0 Å². The van der Waals surface area contributed by atoms with Crippen molar-refractivity contribution in [3.05, 3.63) is 0 Å². The van der Waals surface area contributed by atoms with Gasteiger partial charge in [-0.25, -0.2) is 0 Å². The van der Waals surface area contributed by atoms with Crippen molar-refractivity contribution in [2.45, 2.75) is 13.0 Å². The van der Waals surface area contributed by atoms with E-state index in [0.29, 0.717) is 19.7 Å². The van der Waals surface area contributed by atoms with Crippen molar-refractivity contribution in [1.29, 1.82) is 0 Å². The van der Waals surface area contributed by atoms with Crippen LogP contribution >= 0.6 is 0 Å². The van der Waals surface area contributed by atoms with Crippen molar-refractivity contribution in [3.63, 3.8) is 0 Å². The molecule has 12 heavy (non-hydrogen) atoms. The summed E-state index contributed by atoms with van der Waals surface area (Å²) >= 11 is 0. The number of aliphatic hydroxyl groups excluding tert-OH is 1. The number of aliphatic hydroxyl groups is 1. The molecular weight excluding hydrogens is 160 g/mol. The molecule has 0 aliphatic rings. The topological polar surface area (TPSA) is 84.6 Å². The van der Waals surface area contributed by atoms with Gasteiger partial charge in [-0.05, 0) is 6.92 Å². The Hall–Kier alpha value is -0.650. The van der Waals surface area contributed by atoms with Gasteiger partial charge in [0.15, 0.2) is 0 Å². The van der Waals surface area contributed by atoms with Gasteiger partial charge in [0.1, 0.15) is 6.61 Å². The average Bonchev–Trinajstić information content (AvgIpc) is 1.95. The third-order valence-corrected chi connectivity index (χ3v) is 1.11. The Morgan fingerprint density at radius 2 is 2.42 bits per heavy atom. The molecule has 0 rings (SSSR count). The van der Waals surface area contributed by atoms with Gasteiger partial charge in [0.2, 0.25) is 5.91 Å². The number of carbonyl (C=O) groups is 1. The molecule has 0 spiro atoms. The standard InChI is InChI=1S/C7H16N2O3/c1-6(10)4-9-2-3-12-5-7(8)11/h6,9-10H,2-5H2,1H3,(H2,8,11)/t6-/m1/s1. The molecule has 4 N–H and O–H groups in total. The highest BCUT2D eigenvalue weighted by atomic mass is 16.5. The number of ether oxygens (including phenoxy) is 1. The number of hydrogen-bond donors (Lipinski definition) is 3. The zero-order valence-electron chi connectivity index (χ0n) is 7.25. The third kappa shape index (κ3) is 9.35. The molecule has 0 aromatic heterocycles. The Kier molecular flexibility index (Phi) is 6.64. The monoisotopic (exact) mass is 176 g/mol.